The molecule has 0 unspecified atom stereocenters. The zero-order valence-electron chi connectivity index (χ0n) is 21.9. The van der Waals surface area contributed by atoms with E-state index in [0.717, 1.165) is 5.56 Å². The first-order chi connectivity index (χ1) is 18.6. The van der Waals surface area contributed by atoms with Crippen molar-refractivity contribution in [3.8, 4) is 5.75 Å². The number of piperazine rings is 1. The average Bonchev–Trinajstić information content (AvgIpc) is 2.93. The minimum Gasteiger partial charge on any atom is -0.484 e. The SMILES string of the molecule is CN1CCN(S(=O)(=O)c2ccc(NC(=O)COc3ccc(S(=O)(=O)N(C)Cc4ccccc4)cc3)cc2)CC1. The molecule has 1 fully saturated rings. The van der Waals surface area contributed by atoms with Crippen molar-refractivity contribution in [1.29, 1.82) is 0 Å². The van der Waals surface area contributed by atoms with Gasteiger partial charge >= 0.3 is 0 Å². The fraction of sp³-hybridized carbons (Fsp3) is 0.296. The highest BCUT2D eigenvalue weighted by molar-refractivity contribution is 7.89. The minimum absolute atomic E-state index is 0.115. The third-order valence-corrected chi connectivity index (χ3v) is 10.1. The van der Waals surface area contributed by atoms with Gasteiger partial charge in [0.2, 0.25) is 20.0 Å². The third kappa shape index (κ3) is 7.22. The summed E-state index contributed by atoms with van der Waals surface area (Å²) in [5, 5.41) is 2.67. The van der Waals surface area contributed by atoms with E-state index in [1.807, 2.05) is 37.4 Å². The summed E-state index contributed by atoms with van der Waals surface area (Å²) in [6, 6.07) is 21.2. The summed E-state index contributed by atoms with van der Waals surface area (Å²) in [4.78, 5) is 14.7. The number of rotatable bonds is 10. The molecule has 39 heavy (non-hydrogen) atoms. The maximum atomic E-state index is 12.9. The van der Waals surface area contributed by atoms with Crippen LogP contribution in [-0.4, -0.2) is 83.1 Å². The number of sulfonamides is 2. The van der Waals surface area contributed by atoms with E-state index in [0.29, 0.717) is 37.6 Å². The predicted octanol–water partition coefficient (Wildman–Crippen LogP) is 2.46. The average molecular weight is 573 g/mol. The van der Waals surface area contributed by atoms with Gasteiger partial charge in [-0.3, -0.25) is 4.79 Å². The molecular formula is C27H32N4O6S2. The molecule has 0 aromatic heterocycles. The molecule has 3 aromatic carbocycles. The highest BCUT2D eigenvalue weighted by Gasteiger charge is 2.27. The van der Waals surface area contributed by atoms with Crippen LogP contribution in [-0.2, 0) is 31.4 Å². The summed E-state index contributed by atoms with van der Waals surface area (Å²) in [5.74, 6) is -0.104. The van der Waals surface area contributed by atoms with E-state index in [1.54, 1.807) is 0 Å². The number of nitrogens with one attached hydrogen (secondary N) is 1. The van der Waals surface area contributed by atoms with Crippen LogP contribution in [0.5, 0.6) is 5.75 Å². The summed E-state index contributed by atoms with van der Waals surface area (Å²) in [6.07, 6.45) is 0. The summed E-state index contributed by atoms with van der Waals surface area (Å²) < 4.78 is 59.7. The van der Waals surface area contributed by atoms with Crippen LogP contribution >= 0.6 is 0 Å². The van der Waals surface area contributed by atoms with Gasteiger partial charge in [-0.2, -0.15) is 8.61 Å². The molecule has 208 valence electrons. The second-order valence-corrected chi connectivity index (χ2v) is 13.3. The second-order valence-electron chi connectivity index (χ2n) is 9.29. The highest BCUT2D eigenvalue weighted by Crippen LogP contribution is 2.22. The molecule has 0 aliphatic carbocycles. The Balaban J connectivity index is 1.29. The lowest BCUT2D eigenvalue weighted by atomic mass is 10.2. The van der Waals surface area contributed by atoms with Crippen molar-refractivity contribution in [3.05, 3.63) is 84.4 Å². The van der Waals surface area contributed by atoms with Gasteiger partial charge in [-0.1, -0.05) is 30.3 Å². The Hall–Kier alpha value is -3.29. The van der Waals surface area contributed by atoms with Crippen LogP contribution < -0.4 is 10.1 Å². The van der Waals surface area contributed by atoms with Crippen LogP contribution in [0, 0.1) is 0 Å². The van der Waals surface area contributed by atoms with E-state index < -0.39 is 26.0 Å². The third-order valence-electron chi connectivity index (χ3n) is 6.39. The second kappa shape index (κ2) is 12.3. The molecule has 12 heteroatoms. The van der Waals surface area contributed by atoms with Crippen molar-refractivity contribution in [2.24, 2.45) is 0 Å². The normalized spacial score (nSPS) is 15.3. The maximum absolute atomic E-state index is 12.9. The highest BCUT2D eigenvalue weighted by atomic mass is 32.2. The van der Waals surface area contributed by atoms with Crippen molar-refractivity contribution in [1.82, 2.24) is 13.5 Å². The Bertz CT molecular complexity index is 1470. The van der Waals surface area contributed by atoms with Gasteiger partial charge in [-0.25, -0.2) is 16.8 Å². The number of benzene rings is 3. The van der Waals surface area contributed by atoms with Crippen LogP contribution in [0.1, 0.15) is 5.56 Å². The Kier molecular flexibility index (Phi) is 9.03. The molecule has 1 saturated heterocycles. The summed E-state index contributed by atoms with van der Waals surface area (Å²) in [5.41, 5.74) is 1.31. The zero-order valence-corrected chi connectivity index (χ0v) is 23.5. The predicted molar refractivity (Wildman–Crippen MR) is 148 cm³/mol. The molecule has 1 aliphatic heterocycles. The smallest absolute Gasteiger partial charge is 0.262 e. The van der Waals surface area contributed by atoms with E-state index in [-0.39, 0.29) is 22.9 Å². The molecule has 0 spiro atoms. The molecule has 4 rings (SSSR count). The van der Waals surface area contributed by atoms with Crippen molar-refractivity contribution in [2.75, 3.05) is 52.2 Å². The fourth-order valence-electron chi connectivity index (χ4n) is 4.05. The standard InChI is InChI=1S/C27H32N4O6S2/c1-29-16-18-31(19-17-29)39(35,36)26-12-8-23(9-13-26)28-27(32)21-37-24-10-14-25(15-11-24)38(33,34)30(2)20-22-6-4-3-5-7-22/h3-15H,16-21H2,1-2H3,(H,28,32). The van der Waals surface area contributed by atoms with Gasteiger partial charge in [-0.15, -0.1) is 0 Å². The van der Waals surface area contributed by atoms with Crippen molar-refractivity contribution >= 4 is 31.6 Å². The maximum Gasteiger partial charge on any atom is 0.262 e. The van der Waals surface area contributed by atoms with E-state index in [9.17, 15) is 21.6 Å². The van der Waals surface area contributed by atoms with E-state index in [1.165, 1.54) is 64.2 Å². The molecule has 0 bridgehead atoms. The van der Waals surface area contributed by atoms with Crippen LogP contribution in [0.15, 0.2) is 88.7 Å². The van der Waals surface area contributed by atoms with Crippen LogP contribution in [0.2, 0.25) is 0 Å². The first-order valence-electron chi connectivity index (χ1n) is 12.4. The Labute approximate surface area is 229 Å². The number of likely N-dealkylation sites (N-methyl/N-ethyl adjacent to an activating group) is 1. The monoisotopic (exact) mass is 572 g/mol. The first-order valence-corrected chi connectivity index (χ1v) is 15.3. The number of anilines is 1. The van der Waals surface area contributed by atoms with Gasteiger partial charge in [0.1, 0.15) is 5.75 Å². The molecule has 0 radical (unpaired) electrons. The number of carbonyl (C=O) groups excluding carboxylic acids is 1. The molecule has 0 saturated carbocycles. The Morgan fingerprint density at radius 1 is 0.846 bits per heavy atom. The molecule has 1 amide bonds. The molecule has 0 atom stereocenters. The molecule has 3 aromatic rings. The molecule has 1 aliphatic rings. The summed E-state index contributed by atoms with van der Waals surface area (Å²) in [6.45, 7) is 2.16. The molecule has 1 N–H and O–H groups in total. The quantitative estimate of drug-likeness (QED) is 0.397. The number of nitrogens with zero attached hydrogens (tertiary/aromatic N) is 3. The van der Waals surface area contributed by atoms with Crippen molar-refractivity contribution < 1.29 is 26.4 Å². The summed E-state index contributed by atoms with van der Waals surface area (Å²) in [7, 11) is -3.81. The minimum atomic E-state index is -3.70. The summed E-state index contributed by atoms with van der Waals surface area (Å²) >= 11 is 0. The van der Waals surface area contributed by atoms with Gasteiger partial charge in [0.05, 0.1) is 9.79 Å². The molecular weight excluding hydrogens is 540 g/mol. The van der Waals surface area contributed by atoms with Crippen molar-refractivity contribution in [2.45, 2.75) is 16.3 Å². The topological polar surface area (TPSA) is 116 Å². The number of hydrogen-bond donors (Lipinski definition) is 1. The van der Waals surface area contributed by atoms with Gasteiger partial charge in [0.15, 0.2) is 6.61 Å². The number of ether oxygens (including phenoxy) is 1. The lowest BCUT2D eigenvalue weighted by Gasteiger charge is -2.31. The van der Waals surface area contributed by atoms with Crippen molar-refractivity contribution in [3.63, 3.8) is 0 Å². The Morgan fingerprint density at radius 2 is 1.44 bits per heavy atom. The van der Waals surface area contributed by atoms with Gasteiger partial charge in [-0.05, 0) is 61.1 Å². The fourth-order valence-corrected chi connectivity index (χ4v) is 6.63. The first kappa shape index (κ1) is 28.7. The lowest BCUT2D eigenvalue weighted by molar-refractivity contribution is -0.118. The van der Waals surface area contributed by atoms with Crippen LogP contribution in [0.25, 0.3) is 0 Å². The molecule has 10 nitrogen and oxygen atoms in total. The largest absolute Gasteiger partial charge is 0.484 e. The van der Waals surface area contributed by atoms with Crippen LogP contribution in [0.3, 0.4) is 0 Å². The zero-order chi connectivity index (χ0) is 28.0. The number of carbonyl (C=O) groups is 1. The Morgan fingerprint density at radius 3 is 2.05 bits per heavy atom. The lowest BCUT2D eigenvalue weighted by Crippen LogP contribution is -2.46. The number of amides is 1. The van der Waals surface area contributed by atoms with Crippen LogP contribution in [0.4, 0.5) is 5.69 Å². The van der Waals surface area contributed by atoms with Gasteiger partial charge in [0.25, 0.3) is 5.91 Å². The molecule has 1 heterocycles. The van der Waals surface area contributed by atoms with Gasteiger partial charge in [0, 0.05) is 45.5 Å². The number of hydrogen-bond acceptors (Lipinski definition) is 7. The van der Waals surface area contributed by atoms with E-state index in [4.69, 9.17) is 4.74 Å². The van der Waals surface area contributed by atoms with E-state index >= 15 is 0 Å². The van der Waals surface area contributed by atoms with E-state index in [2.05, 4.69) is 10.2 Å². The van der Waals surface area contributed by atoms with Gasteiger partial charge < -0.3 is 15.0 Å².